The second kappa shape index (κ2) is 2.09. The highest BCUT2D eigenvalue weighted by Gasteiger charge is 1.98. The van der Waals surface area contributed by atoms with Gasteiger partial charge in [0, 0.05) is 0 Å². The molecule has 40 valence electrons. The maximum absolute atomic E-state index is 5.33. The molecule has 0 radical (unpaired) electrons. The molecule has 0 saturated heterocycles. The first-order valence-electron chi connectivity index (χ1n) is 2.43. The Hall–Kier alpha value is -0.340. The molecule has 0 spiro atoms. The smallest absolute Gasteiger partial charge is 0.124 e. The summed E-state index contributed by atoms with van der Waals surface area (Å²) in [5, 5.41) is 0. The molecule has 2 N–H and O–H groups in total. The van der Waals surface area contributed by atoms with Crippen LogP contribution < -0.4 is 5.73 Å². The molecule has 1 aliphatic rings. The highest BCUT2D eigenvalue weighted by atomic mass is 16.5. The van der Waals surface area contributed by atoms with Crippen molar-refractivity contribution in [3.05, 3.63) is 12.2 Å². The Morgan fingerprint density at radius 3 is 2.86 bits per heavy atom. The monoisotopic (exact) mass is 99.1 g/mol. The lowest BCUT2D eigenvalue weighted by atomic mass is 10.3. The molecule has 0 fully saturated rings. The van der Waals surface area contributed by atoms with Gasteiger partial charge in [0.15, 0.2) is 0 Å². The van der Waals surface area contributed by atoms with Crippen LogP contribution in [0.25, 0.3) is 0 Å². The maximum atomic E-state index is 5.33. The van der Waals surface area contributed by atoms with Crippen molar-refractivity contribution < 1.29 is 4.74 Å². The van der Waals surface area contributed by atoms with Crippen molar-refractivity contribution in [1.82, 2.24) is 0 Å². The summed E-state index contributed by atoms with van der Waals surface area (Å²) in [6, 6.07) is 0. The van der Waals surface area contributed by atoms with Crippen molar-refractivity contribution in [2.75, 3.05) is 6.61 Å². The first kappa shape index (κ1) is 4.81. The van der Waals surface area contributed by atoms with Gasteiger partial charge in [-0.05, 0) is 12.5 Å². The van der Waals surface area contributed by atoms with Crippen molar-refractivity contribution in [3.63, 3.8) is 0 Å². The topological polar surface area (TPSA) is 35.2 Å². The van der Waals surface area contributed by atoms with Gasteiger partial charge in [0.25, 0.3) is 0 Å². The summed E-state index contributed by atoms with van der Waals surface area (Å²) in [5.74, 6) is 0. The average Bonchev–Trinajstić information content (AvgIpc) is 1.69. The molecular formula is C5H9NO. The molecule has 1 atom stereocenters. The van der Waals surface area contributed by atoms with Crippen LogP contribution in [0.5, 0.6) is 0 Å². The molecule has 7 heavy (non-hydrogen) atoms. The number of rotatable bonds is 0. The van der Waals surface area contributed by atoms with Crippen LogP contribution in [0.2, 0.25) is 0 Å². The van der Waals surface area contributed by atoms with Gasteiger partial charge in [-0.15, -0.1) is 0 Å². The lowest BCUT2D eigenvalue weighted by molar-refractivity contribution is 0.0846. The molecule has 0 amide bonds. The Kier molecular flexibility index (Phi) is 1.44. The van der Waals surface area contributed by atoms with Gasteiger partial charge in [0.1, 0.15) is 6.23 Å². The first-order valence-corrected chi connectivity index (χ1v) is 2.43. The largest absolute Gasteiger partial charge is 0.360 e. The van der Waals surface area contributed by atoms with Gasteiger partial charge in [-0.25, -0.2) is 0 Å². The van der Waals surface area contributed by atoms with Gasteiger partial charge in [-0.3, -0.25) is 0 Å². The maximum Gasteiger partial charge on any atom is 0.124 e. The van der Waals surface area contributed by atoms with E-state index >= 15 is 0 Å². The minimum atomic E-state index is -0.145. The van der Waals surface area contributed by atoms with Crippen LogP contribution in [0.4, 0.5) is 0 Å². The van der Waals surface area contributed by atoms with Gasteiger partial charge >= 0.3 is 0 Å². The molecule has 0 aromatic heterocycles. The van der Waals surface area contributed by atoms with Crippen molar-refractivity contribution >= 4 is 0 Å². The Balaban J connectivity index is 2.36. The standard InChI is InChI=1S/C5H9NO/c6-5-3-1-2-4-7-5/h1,3,5H,2,4,6H2. The van der Waals surface area contributed by atoms with Crippen LogP contribution >= 0.6 is 0 Å². The fraction of sp³-hybridized carbons (Fsp3) is 0.600. The molecule has 2 heteroatoms. The van der Waals surface area contributed by atoms with Gasteiger partial charge in [0.05, 0.1) is 6.61 Å². The van der Waals surface area contributed by atoms with E-state index in [1.54, 1.807) is 0 Å². The third-order valence-electron chi connectivity index (χ3n) is 0.921. The average molecular weight is 99.1 g/mol. The van der Waals surface area contributed by atoms with E-state index in [1.165, 1.54) is 0 Å². The fourth-order valence-electron chi connectivity index (χ4n) is 0.558. The van der Waals surface area contributed by atoms with Gasteiger partial charge < -0.3 is 10.5 Å². The zero-order valence-corrected chi connectivity index (χ0v) is 4.13. The van der Waals surface area contributed by atoms with E-state index in [0.29, 0.717) is 0 Å². The molecule has 0 aromatic rings. The predicted octanol–water partition coefficient (Wildman–Crippen LogP) is 0.248. The summed E-state index contributed by atoms with van der Waals surface area (Å²) in [4.78, 5) is 0. The SMILES string of the molecule is NC1C=CCCO1. The van der Waals surface area contributed by atoms with E-state index in [1.807, 2.05) is 12.2 Å². The van der Waals surface area contributed by atoms with E-state index in [9.17, 15) is 0 Å². The van der Waals surface area contributed by atoms with E-state index in [2.05, 4.69) is 0 Å². The highest BCUT2D eigenvalue weighted by molar-refractivity contribution is 4.89. The molecule has 1 unspecified atom stereocenters. The van der Waals surface area contributed by atoms with Crippen LogP contribution in [0, 0.1) is 0 Å². The van der Waals surface area contributed by atoms with Gasteiger partial charge in [-0.2, -0.15) is 0 Å². The van der Waals surface area contributed by atoms with Crippen molar-refractivity contribution in [3.8, 4) is 0 Å². The van der Waals surface area contributed by atoms with Crippen molar-refractivity contribution in [2.45, 2.75) is 12.6 Å². The molecule has 0 aliphatic carbocycles. The zero-order chi connectivity index (χ0) is 5.11. The molecule has 1 heterocycles. The summed E-state index contributed by atoms with van der Waals surface area (Å²) in [6.45, 7) is 0.775. The third kappa shape index (κ3) is 1.29. The molecule has 1 aliphatic heterocycles. The van der Waals surface area contributed by atoms with E-state index in [0.717, 1.165) is 13.0 Å². The number of hydrogen-bond donors (Lipinski definition) is 1. The van der Waals surface area contributed by atoms with Crippen LogP contribution in [0.3, 0.4) is 0 Å². The van der Waals surface area contributed by atoms with E-state index in [-0.39, 0.29) is 6.23 Å². The lowest BCUT2D eigenvalue weighted by Crippen LogP contribution is -2.23. The summed E-state index contributed by atoms with van der Waals surface area (Å²) < 4.78 is 4.97. The van der Waals surface area contributed by atoms with Crippen LogP contribution in [-0.4, -0.2) is 12.8 Å². The normalized spacial score (nSPS) is 30.7. The number of hydrogen-bond acceptors (Lipinski definition) is 2. The van der Waals surface area contributed by atoms with Crippen LogP contribution in [0.15, 0.2) is 12.2 Å². The van der Waals surface area contributed by atoms with Crippen LogP contribution in [0.1, 0.15) is 6.42 Å². The number of ether oxygens (including phenoxy) is 1. The summed E-state index contributed by atoms with van der Waals surface area (Å²) in [5.41, 5.74) is 5.33. The molecule has 0 bridgehead atoms. The van der Waals surface area contributed by atoms with Crippen LogP contribution in [-0.2, 0) is 4.74 Å². The Bertz CT molecular complexity index is 80.1. The minimum Gasteiger partial charge on any atom is -0.360 e. The van der Waals surface area contributed by atoms with E-state index in [4.69, 9.17) is 10.5 Å². The van der Waals surface area contributed by atoms with Gasteiger partial charge in [0.2, 0.25) is 0 Å². The van der Waals surface area contributed by atoms with E-state index < -0.39 is 0 Å². The molecule has 0 saturated carbocycles. The molecule has 2 nitrogen and oxygen atoms in total. The summed E-state index contributed by atoms with van der Waals surface area (Å²) >= 11 is 0. The lowest BCUT2D eigenvalue weighted by Gasteiger charge is -2.10. The Labute approximate surface area is 43.0 Å². The predicted molar refractivity (Wildman–Crippen MR) is 27.7 cm³/mol. The summed E-state index contributed by atoms with van der Waals surface area (Å²) in [6.07, 6.45) is 4.76. The minimum absolute atomic E-state index is 0.145. The Morgan fingerprint density at radius 1 is 1.71 bits per heavy atom. The van der Waals surface area contributed by atoms with Crippen molar-refractivity contribution in [2.24, 2.45) is 5.73 Å². The molecular weight excluding hydrogens is 90.1 g/mol. The fourth-order valence-corrected chi connectivity index (χ4v) is 0.558. The third-order valence-corrected chi connectivity index (χ3v) is 0.921. The second-order valence-corrected chi connectivity index (χ2v) is 1.55. The molecule has 0 aromatic carbocycles. The number of nitrogens with two attached hydrogens (primary N) is 1. The second-order valence-electron chi connectivity index (χ2n) is 1.55. The first-order chi connectivity index (χ1) is 3.39. The highest BCUT2D eigenvalue weighted by Crippen LogP contribution is 1.96. The quantitative estimate of drug-likeness (QED) is 0.442. The Morgan fingerprint density at radius 2 is 2.57 bits per heavy atom. The van der Waals surface area contributed by atoms with Crippen molar-refractivity contribution in [1.29, 1.82) is 0 Å². The molecule has 1 rings (SSSR count). The zero-order valence-electron chi connectivity index (χ0n) is 4.13. The summed E-state index contributed by atoms with van der Waals surface area (Å²) in [7, 11) is 0. The van der Waals surface area contributed by atoms with Gasteiger partial charge in [-0.1, -0.05) is 6.08 Å².